The Kier molecular flexibility index (Phi) is 10.5. The minimum atomic E-state index is -0.783. The molecule has 226 valence electrons. The van der Waals surface area contributed by atoms with Gasteiger partial charge in [0.05, 0.1) is 50.8 Å². The van der Waals surface area contributed by atoms with Crippen LogP contribution in [0.1, 0.15) is 38.3 Å². The van der Waals surface area contributed by atoms with E-state index >= 15 is 0 Å². The smallest absolute Gasteiger partial charge is 0.174 e. The van der Waals surface area contributed by atoms with Crippen LogP contribution >= 0.6 is 0 Å². The average Bonchev–Trinajstić information content (AvgIpc) is 3.37. The number of fused-ring (bicyclic) bond motifs is 1. The van der Waals surface area contributed by atoms with Crippen molar-refractivity contribution in [3.63, 3.8) is 0 Å². The summed E-state index contributed by atoms with van der Waals surface area (Å²) in [5.41, 5.74) is 2.25. The van der Waals surface area contributed by atoms with Gasteiger partial charge in [0.1, 0.15) is 19.0 Å². The first-order valence-corrected chi connectivity index (χ1v) is 14.8. The molecule has 0 unspecified atom stereocenters. The summed E-state index contributed by atoms with van der Waals surface area (Å²) >= 11 is 0. The van der Waals surface area contributed by atoms with Crippen LogP contribution in [-0.4, -0.2) is 76.6 Å². The van der Waals surface area contributed by atoms with Gasteiger partial charge in [-0.3, -0.25) is 0 Å². The minimum absolute atomic E-state index is 0.0426. The number of rotatable bonds is 11. The van der Waals surface area contributed by atoms with Crippen molar-refractivity contribution in [1.29, 1.82) is 0 Å². The van der Waals surface area contributed by atoms with E-state index in [2.05, 4.69) is 45.0 Å². The van der Waals surface area contributed by atoms with Crippen molar-refractivity contribution in [2.75, 3.05) is 34.2 Å². The molecule has 0 aliphatic carbocycles. The van der Waals surface area contributed by atoms with E-state index in [1.165, 1.54) is 0 Å². The molecule has 0 aromatic heterocycles. The van der Waals surface area contributed by atoms with E-state index in [1.54, 1.807) is 14.2 Å². The Hall–Kier alpha value is -1.88. The molecular weight excluding hydrogens is 524 g/mol. The van der Waals surface area contributed by atoms with Crippen molar-refractivity contribution in [3.05, 3.63) is 71.8 Å². The van der Waals surface area contributed by atoms with E-state index in [9.17, 15) is 0 Å². The summed E-state index contributed by atoms with van der Waals surface area (Å²) in [5.74, 6) is -0.635. The second kappa shape index (κ2) is 14.1. The van der Waals surface area contributed by atoms with Gasteiger partial charge in [-0.1, -0.05) is 81.4 Å². The average molecular weight is 571 g/mol. The zero-order valence-corrected chi connectivity index (χ0v) is 25.0. The molecule has 2 aromatic carbocycles. The molecule has 0 N–H and O–H groups in total. The van der Waals surface area contributed by atoms with Gasteiger partial charge in [0, 0.05) is 32.5 Å². The molecule has 41 heavy (non-hydrogen) atoms. The highest BCUT2D eigenvalue weighted by Crippen LogP contribution is 2.49. The van der Waals surface area contributed by atoms with E-state index in [4.69, 9.17) is 37.9 Å². The summed E-state index contributed by atoms with van der Waals surface area (Å²) in [7, 11) is 3.34. The van der Waals surface area contributed by atoms with Crippen molar-refractivity contribution in [3.8, 4) is 0 Å². The Balaban J connectivity index is 1.38. The van der Waals surface area contributed by atoms with E-state index in [0.717, 1.165) is 11.1 Å². The van der Waals surface area contributed by atoms with Crippen molar-refractivity contribution >= 4 is 0 Å². The van der Waals surface area contributed by atoms with Gasteiger partial charge >= 0.3 is 0 Å². The van der Waals surface area contributed by atoms with Gasteiger partial charge in [-0.15, -0.1) is 0 Å². The standard InChI is InChI=1S/C33H46O8/c1-22-24(3)33(16-27(19-39-33)37-17-25-12-8-6-9-13-25)41-32-30(38-18-26-14-10-7-11-15-26)23(2)29(35-5)28(40-31(22)32)20-36-21-34-4/h6-15,22-24,27-32H,16-21H2,1-5H3/t22-,23+,24-,27-,28-,29+,30-,31+,32-,33+/m0/s1. The van der Waals surface area contributed by atoms with Crippen molar-refractivity contribution in [2.24, 2.45) is 17.8 Å². The van der Waals surface area contributed by atoms with Crippen LogP contribution in [0.5, 0.6) is 0 Å². The normalized spacial score (nSPS) is 37.1. The predicted molar refractivity (Wildman–Crippen MR) is 153 cm³/mol. The molecular formula is C33H46O8. The Morgan fingerprint density at radius 2 is 1.46 bits per heavy atom. The fraction of sp³-hybridized carbons (Fsp3) is 0.636. The third kappa shape index (κ3) is 6.86. The molecule has 1 spiro atoms. The maximum absolute atomic E-state index is 7.05. The summed E-state index contributed by atoms with van der Waals surface area (Å²) in [6.45, 7) is 8.61. The summed E-state index contributed by atoms with van der Waals surface area (Å²) in [5, 5.41) is 0. The number of ether oxygens (including phenoxy) is 8. The van der Waals surface area contributed by atoms with Gasteiger partial charge in [-0.05, 0) is 17.0 Å². The molecule has 3 fully saturated rings. The van der Waals surface area contributed by atoms with Crippen LogP contribution in [0.2, 0.25) is 0 Å². The van der Waals surface area contributed by atoms with Gasteiger partial charge in [0.15, 0.2) is 5.79 Å². The molecule has 3 aliphatic rings. The van der Waals surface area contributed by atoms with Crippen LogP contribution in [0, 0.1) is 17.8 Å². The first-order valence-electron chi connectivity index (χ1n) is 14.8. The monoisotopic (exact) mass is 570 g/mol. The number of methoxy groups -OCH3 is 2. The second-order valence-corrected chi connectivity index (χ2v) is 11.7. The van der Waals surface area contributed by atoms with Crippen molar-refractivity contribution < 1.29 is 37.9 Å². The largest absolute Gasteiger partial charge is 0.378 e. The minimum Gasteiger partial charge on any atom is -0.378 e. The van der Waals surface area contributed by atoms with Crippen LogP contribution < -0.4 is 0 Å². The first kappa shape index (κ1) is 30.6. The van der Waals surface area contributed by atoms with Crippen LogP contribution in [0.15, 0.2) is 60.7 Å². The van der Waals surface area contributed by atoms with E-state index in [0.29, 0.717) is 32.8 Å². The van der Waals surface area contributed by atoms with Crippen LogP contribution in [-0.2, 0) is 51.1 Å². The molecule has 8 heteroatoms. The van der Waals surface area contributed by atoms with E-state index in [-0.39, 0.29) is 61.2 Å². The lowest BCUT2D eigenvalue weighted by Gasteiger charge is -2.51. The van der Waals surface area contributed by atoms with Gasteiger partial charge in [-0.25, -0.2) is 0 Å². The van der Waals surface area contributed by atoms with Gasteiger partial charge in [0.2, 0.25) is 0 Å². The Labute approximate surface area is 244 Å². The maximum Gasteiger partial charge on any atom is 0.174 e. The predicted octanol–water partition coefficient (Wildman–Crippen LogP) is 4.98. The molecule has 3 heterocycles. The zero-order chi connectivity index (χ0) is 28.8. The Bertz CT molecular complexity index is 1050. The third-order valence-electron chi connectivity index (χ3n) is 9.11. The number of hydrogen-bond acceptors (Lipinski definition) is 8. The molecule has 3 saturated heterocycles. The zero-order valence-electron chi connectivity index (χ0n) is 25.0. The number of hydrogen-bond donors (Lipinski definition) is 0. The fourth-order valence-corrected chi connectivity index (χ4v) is 6.67. The summed E-state index contributed by atoms with van der Waals surface area (Å²) < 4.78 is 50.4. The Morgan fingerprint density at radius 3 is 2.10 bits per heavy atom. The lowest BCUT2D eigenvalue weighted by atomic mass is 9.76. The topological polar surface area (TPSA) is 73.8 Å². The van der Waals surface area contributed by atoms with Gasteiger partial charge < -0.3 is 37.9 Å². The molecule has 8 nitrogen and oxygen atoms in total. The third-order valence-corrected chi connectivity index (χ3v) is 9.11. The molecule has 10 atom stereocenters. The SMILES string of the molecule is COCOC[C@@H]1O[C@@H]2[C@@H](C)[C@H](C)[C@@]3(C[C@H](OCc4ccccc4)CO3)O[C@H]2[C@@H](OCc2ccccc2)[C@H](C)[C@H]1OC. The van der Waals surface area contributed by atoms with Crippen LogP contribution in [0.4, 0.5) is 0 Å². The van der Waals surface area contributed by atoms with Gasteiger partial charge in [0.25, 0.3) is 0 Å². The summed E-state index contributed by atoms with van der Waals surface area (Å²) in [4.78, 5) is 0. The molecule has 3 aliphatic heterocycles. The summed E-state index contributed by atoms with van der Waals surface area (Å²) in [6.07, 6.45) is -0.856. The highest BCUT2D eigenvalue weighted by molar-refractivity contribution is 5.14. The molecule has 0 saturated carbocycles. The molecule has 0 amide bonds. The Morgan fingerprint density at radius 1 is 0.805 bits per heavy atom. The first-order chi connectivity index (χ1) is 20.0. The lowest BCUT2D eigenvalue weighted by molar-refractivity contribution is -0.341. The quantitative estimate of drug-likeness (QED) is 0.277. The van der Waals surface area contributed by atoms with Crippen molar-refractivity contribution in [2.45, 2.75) is 82.8 Å². The molecule has 5 rings (SSSR count). The van der Waals surface area contributed by atoms with Gasteiger partial charge in [-0.2, -0.15) is 0 Å². The molecule has 2 aromatic rings. The fourth-order valence-electron chi connectivity index (χ4n) is 6.67. The maximum atomic E-state index is 7.05. The molecule has 0 radical (unpaired) electrons. The van der Waals surface area contributed by atoms with E-state index in [1.807, 2.05) is 36.4 Å². The summed E-state index contributed by atoms with van der Waals surface area (Å²) in [6, 6.07) is 20.5. The van der Waals surface area contributed by atoms with E-state index < -0.39 is 5.79 Å². The van der Waals surface area contributed by atoms with Crippen LogP contribution in [0.3, 0.4) is 0 Å². The number of benzene rings is 2. The highest BCUT2D eigenvalue weighted by atomic mass is 16.7. The van der Waals surface area contributed by atoms with Crippen LogP contribution in [0.25, 0.3) is 0 Å². The highest BCUT2D eigenvalue weighted by Gasteiger charge is 2.60. The lowest BCUT2D eigenvalue weighted by Crippen LogP contribution is -2.61. The second-order valence-electron chi connectivity index (χ2n) is 11.7. The van der Waals surface area contributed by atoms with Crippen molar-refractivity contribution in [1.82, 2.24) is 0 Å². The molecule has 0 bridgehead atoms.